The Bertz CT molecular complexity index is 602. The summed E-state index contributed by atoms with van der Waals surface area (Å²) in [5.74, 6) is 1.52. The van der Waals surface area contributed by atoms with Crippen molar-refractivity contribution < 1.29 is 4.74 Å². The number of fused-ring (bicyclic) bond motifs is 1. The summed E-state index contributed by atoms with van der Waals surface area (Å²) in [7, 11) is 1.70. The van der Waals surface area contributed by atoms with Gasteiger partial charge in [0.05, 0.1) is 23.9 Å². The number of halogens is 1. The summed E-state index contributed by atoms with van der Waals surface area (Å²) in [4.78, 5) is 7.17. The van der Waals surface area contributed by atoms with E-state index in [0.717, 1.165) is 30.9 Å². The van der Waals surface area contributed by atoms with Crippen molar-refractivity contribution in [2.24, 2.45) is 11.7 Å². The molecule has 1 saturated heterocycles. The first-order valence-corrected chi connectivity index (χ1v) is 7.89. The molecule has 0 saturated carbocycles. The lowest BCUT2D eigenvalue weighted by Gasteiger charge is -2.16. The number of nitrogens with two attached hydrogens (primary N) is 1. The van der Waals surface area contributed by atoms with Gasteiger partial charge in [0.1, 0.15) is 10.8 Å². The quantitative estimate of drug-likeness (QED) is 0.938. The van der Waals surface area contributed by atoms with Gasteiger partial charge in [-0.1, -0.05) is 0 Å². The Morgan fingerprint density at radius 1 is 1.52 bits per heavy atom. The maximum absolute atomic E-state index is 5.99. The second-order valence-electron chi connectivity index (χ2n) is 5.58. The number of benzene rings is 1. The molecule has 1 aliphatic heterocycles. The van der Waals surface area contributed by atoms with Crippen molar-refractivity contribution in [3.63, 3.8) is 0 Å². The second kappa shape index (κ2) is 6.92. The number of hydrogen-bond acceptors (Lipinski definition) is 5. The van der Waals surface area contributed by atoms with Gasteiger partial charge in [0, 0.05) is 12.6 Å². The molecule has 4 nitrogen and oxygen atoms in total. The average Bonchev–Trinajstić information content (AvgIpc) is 3.04. The minimum absolute atomic E-state index is 0. The van der Waals surface area contributed by atoms with Crippen LogP contribution in [0.2, 0.25) is 0 Å². The van der Waals surface area contributed by atoms with Crippen LogP contribution in [0, 0.1) is 5.92 Å². The number of rotatable bonds is 4. The van der Waals surface area contributed by atoms with Crippen molar-refractivity contribution in [3.8, 4) is 5.75 Å². The molecule has 1 aromatic heterocycles. The van der Waals surface area contributed by atoms with Crippen molar-refractivity contribution in [2.75, 3.05) is 20.2 Å². The predicted octanol–water partition coefficient (Wildman–Crippen LogP) is 2.90. The molecule has 1 aromatic carbocycles. The zero-order chi connectivity index (χ0) is 14.1. The predicted molar refractivity (Wildman–Crippen MR) is 90.5 cm³/mol. The Labute approximate surface area is 135 Å². The van der Waals surface area contributed by atoms with E-state index in [2.05, 4.69) is 17.9 Å². The van der Waals surface area contributed by atoms with Crippen LogP contribution < -0.4 is 10.5 Å². The number of nitrogens with zero attached hydrogens (tertiary/aromatic N) is 2. The fourth-order valence-corrected chi connectivity index (χ4v) is 3.81. The molecule has 2 heterocycles. The largest absolute Gasteiger partial charge is 0.497 e. The Morgan fingerprint density at radius 2 is 2.33 bits per heavy atom. The number of aromatic nitrogens is 1. The molecule has 0 amide bonds. The third kappa shape index (κ3) is 3.66. The number of thiazole rings is 1. The first kappa shape index (κ1) is 16.5. The molecule has 0 bridgehead atoms. The van der Waals surface area contributed by atoms with E-state index in [1.165, 1.54) is 16.1 Å². The summed E-state index contributed by atoms with van der Waals surface area (Å²) in [6.07, 6.45) is 1.20. The van der Waals surface area contributed by atoms with Gasteiger partial charge in [0.2, 0.25) is 0 Å². The van der Waals surface area contributed by atoms with E-state index >= 15 is 0 Å². The maximum atomic E-state index is 5.99. The van der Waals surface area contributed by atoms with E-state index in [-0.39, 0.29) is 12.4 Å². The highest BCUT2D eigenvalue weighted by atomic mass is 35.5. The first-order chi connectivity index (χ1) is 9.65. The molecule has 0 spiro atoms. The molecule has 6 heteroatoms. The average molecular weight is 328 g/mol. The standard InChI is InChI=1S/C15H21N3OS.ClH/c1-10(16)11-5-6-18(8-11)9-15-17-13-4-3-12(19-2)7-14(13)20-15;/h3-4,7,10-11H,5-6,8-9,16H2,1-2H3;1H. The Kier molecular flexibility index (Phi) is 5.43. The summed E-state index contributed by atoms with van der Waals surface area (Å²) in [5.41, 5.74) is 7.06. The van der Waals surface area contributed by atoms with Crippen LogP contribution in [0.5, 0.6) is 5.75 Å². The highest BCUT2D eigenvalue weighted by Gasteiger charge is 2.25. The number of likely N-dealkylation sites (tertiary alicyclic amines) is 1. The number of hydrogen-bond donors (Lipinski definition) is 1. The van der Waals surface area contributed by atoms with Gasteiger partial charge in [-0.15, -0.1) is 23.7 Å². The Hall–Kier alpha value is -0.880. The minimum atomic E-state index is 0. The van der Waals surface area contributed by atoms with Crippen molar-refractivity contribution in [2.45, 2.75) is 25.9 Å². The normalized spacial score (nSPS) is 20.4. The van der Waals surface area contributed by atoms with Crippen LogP contribution in [0.3, 0.4) is 0 Å². The molecule has 1 fully saturated rings. The monoisotopic (exact) mass is 327 g/mol. The van der Waals surface area contributed by atoms with E-state index in [4.69, 9.17) is 15.5 Å². The van der Waals surface area contributed by atoms with Crippen LogP contribution in [0.25, 0.3) is 10.2 Å². The van der Waals surface area contributed by atoms with Gasteiger partial charge in [0.15, 0.2) is 0 Å². The topological polar surface area (TPSA) is 51.4 Å². The van der Waals surface area contributed by atoms with Crippen LogP contribution in [0.4, 0.5) is 0 Å². The van der Waals surface area contributed by atoms with E-state index in [1.54, 1.807) is 18.4 Å². The van der Waals surface area contributed by atoms with Crippen LogP contribution in [0.1, 0.15) is 18.4 Å². The van der Waals surface area contributed by atoms with E-state index in [0.29, 0.717) is 12.0 Å². The first-order valence-electron chi connectivity index (χ1n) is 7.07. The van der Waals surface area contributed by atoms with Crippen LogP contribution in [-0.2, 0) is 6.54 Å². The molecular formula is C15H22ClN3OS. The summed E-state index contributed by atoms with van der Waals surface area (Å²) in [5, 5.41) is 1.18. The lowest BCUT2D eigenvalue weighted by atomic mass is 10.0. The van der Waals surface area contributed by atoms with Gasteiger partial charge in [-0.25, -0.2) is 4.98 Å². The van der Waals surface area contributed by atoms with E-state index in [9.17, 15) is 0 Å². The van der Waals surface area contributed by atoms with E-state index in [1.807, 2.05) is 12.1 Å². The van der Waals surface area contributed by atoms with Gasteiger partial charge in [0.25, 0.3) is 0 Å². The lowest BCUT2D eigenvalue weighted by molar-refractivity contribution is 0.308. The SMILES string of the molecule is COc1ccc2nc(CN3CCC(C(C)N)C3)sc2c1.Cl. The second-order valence-corrected chi connectivity index (χ2v) is 6.70. The smallest absolute Gasteiger partial charge is 0.120 e. The zero-order valence-corrected chi connectivity index (χ0v) is 14.0. The molecule has 0 aliphatic carbocycles. The summed E-state index contributed by atoms with van der Waals surface area (Å²) >= 11 is 1.76. The molecule has 2 atom stereocenters. The van der Waals surface area contributed by atoms with Crippen LogP contribution >= 0.6 is 23.7 Å². The highest BCUT2D eigenvalue weighted by Crippen LogP contribution is 2.28. The summed E-state index contributed by atoms with van der Waals surface area (Å²) in [6, 6.07) is 6.35. The Morgan fingerprint density at radius 3 is 3.00 bits per heavy atom. The molecule has 2 unspecified atom stereocenters. The Balaban J connectivity index is 0.00000161. The van der Waals surface area contributed by atoms with Gasteiger partial charge in [-0.2, -0.15) is 0 Å². The molecular weight excluding hydrogens is 306 g/mol. The number of ether oxygens (including phenoxy) is 1. The molecule has 116 valence electrons. The minimum Gasteiger partial charge on any atom is -0.497 e. The van der Waals surface area contributed by atoms with Gasteiger partial charge in [-0.05, 0) is 44.0 Å². The molecule has 3 rings (SSSR count). The van der Waals surface area contributed by atoms with Crippen LogP contribution in [0.15, 0.2) is 18.2 Å². The van der Waals surface area contributed by atoms with E-state index < -0.39 is 0 Å². The van der Waals surface area contributed by atoms with Crippen molar-refractivity contribution in [3.05, 3.63) is 23.2 Å². The highest BCUT2D eigenvalue weighted by molar-refractivity contribution is 7.18. The molecule has 1 aliphatic rings. The van der Waals surface area contributed by atoms with Crippen molar-refractivity contribution in [1.82, 2.24) is 9.88 Å². The third-order valence-corrected chi connectivity index (χ3v) is 5.05. The summed E-state index contributed by atoms with van der Waals surface area (Å²) < 4.78 is 6.46. The number of methoxy groups -OCH3 is 1. The van der Waals surface area contributed by atoms with Gasteiger partial charge in [-0.3, -0.25) is 4.90 Å². The molecule has 21 heavy (non-hydrogen) atoms. The van der Waals surface area contributed by atoms with Crippen molar-refractivity contribution >= 4 is 34.0 Å². The fraction of sp³-hybridized carbons (Fsp3) is 0.533. The molecule has 2 aromatic rings. The fourth-order valence-electron chi connectivity index (χ4n) is 2.77. The van der Waals surface area contributed by atoms with Gasteiger partial charge < -0.3 is 10.5 Å². The van der Waals surface area contributed by atoms with Crippen molar-refractivity contribution in [1.29, 1.82) is 0 Å². The third-order valence-electron chi connectivity index (χ3n) is 4.05. The van der Waals surface area contributed by atoms with Crippen LogP contribution in [-0.4, -0.2) is 36.1 Å². The van der Waals surface area contributed by atoms with Gasteiger partial charge >= 0.3 is 0 Å². The molecule has 2 N–H and O–H groups in total. The zero-order valence-electron chi connectivity index (χ0n) is 12.4. The lowest BCUT2D eigenvalue weighted by Crippen LogP contribution is -2.29. The molecule has 0 radical (unpaired) electrons. The maximum Gasteiger partial charge on any atom is 0.120 e. The summed E-state index contributed by atoms with van der Waals surface area (Å²) in [6.45, 7) is 5.27.